The molecular formula is C9H10BrO4P. The van der Waals surface area contributed by atoms with Gasteiger partial charge in [0.2, 0.25) is 0 Å². The lowest BCUT2D eigenvalue weighted by Crippen LogP contribution is -2.04. The molecule has 0 aliphatic heterocycles. The SMILES string of the molecule is COP(=O)(OC)C(=O)c1cccc(Br)c1. The highest BCUT2D eigenvalue weighted by Gasteiger charge is 2.33. The van der Waals surface area contributed by atoms with Crippen molar-refractivity contribution in [3.8, 4) is 0 Å². The van der Waals surface area contributed by atoms with Gasteiger partial charge in [0.15, 0.2) is 0 Å². The summed E-state index contributed by atoms with van der Waals surface area (Å²) in [5.41, 5.74) is -0.356. The molecule has 0 aliphatic rings. The van der Waals surface area contributed by atoms with E-state index in [1.807, 2.05) is 0 Å². The minimum absolute atomic E-state index is 0.288. The molecular weight excluding hydrogens is 283 g/mol. The summed E-state index contributed by atoms with van der Waals surface area (Å²) in [5, 5.41) is 0. The smallest absolute Gasteiger partial charge is 0.306 e. The van der Waals surface area contributed by atoms with E-state index in [9.17, 15) is 9.36 Å². The first-order chi connectivity index (χ1) is 7.03. The van der Waals surface area contributed by atoms with Gasteiger partial charge < -0.3 is 9.05 Å². The first-order valence-electron chi connectivity index (χ1n) is 4.05. The van der Waals surface area contributed by atoms with Gasteiger partial charge in [0.25, 0.3) is 5.52 Å². The Bertz CT molecular complexity index is 410. The van der Waals surface area contributed by atoms with Gasteiger partial charge >= 0.3 is 7.60 Å². The molecule has 0 heterocycles. The predicted octanol–water partition coefficient (Wildman–Crippen LogP) is 3.08. The van der Waals surface area contributed by atoms with E-state index < -0.39 is 13.1 Å². The Morgan fingerprint density at radius 1 is 1.33 bits per heavy atom. The second kappa shape index (κ2) is 5.03. The lowest BCUT2D eigenvalue weighted by molar-refractivity contribution is 0.102. The van der Waals surface area contributed by atoms with Crippen molar-refractivity contribution in [3.63, 3.8) is 0 Å². The van der Waals surface area contributed by atoms with E-state index in [4.69, 9.17) is 0 Å². The molecule has 0 spiro atoms. The Morgan fingerprint density at radius 2 is 1.93 bits per heavy atom. The van der Waals surface area contributed by atoms with Gasteiger partial charge in [-0.2, -0.15) is 0 Å². The second-order valence-electron chi connectivity index (χ2n) is 2.68. The van der Waals surface area contributed by atoms with Crippen LogP contribution < -0.4 is 0 Å². The van der Waals surface area contributed by atoms with Crippen LogP contribution in [0.2, 0.25) is 0 Å². The molecule has 6 heteroatoms. The Labute approximate surface area is 96.2 Å². The third kappa shape index (κ3) is 2.75. The number of carbonyl (C=O) groups excluding carboxylic acids is 1. The van der Waals surface area contributed by atoms with Crippen molar-refractivity contribution >= 4 is 29.1 Å². The standard InChI is InChI=1S/C9H10BrO4P/c1-13-15(12,14-2)9(11)7-4-3-5-8(10)6-7/h3-6H,1-2H3. The van der Waals surface area contributed by atoms with Crippen molar-refractivity contribution in [1.29, 1.82) is 0 Å². The van der Waals surface area contributed by atoms with Crippen LogP contribution in [-0.4, -0.2) is 19.7 Å². The topological polar surface area (TPSA) is 52.6 Å². The summed E-state index contributed by atoms with van der Waals surface area (Å²) in [4.78, 5) is 11.7. The molecule has 0 radical (unpaired) electrons. The van der Waals surface area contributed by atoms with Crippen molar-refractivity contribution in [3.05, 3.63) is 34.3 Å². The van der Waals surface area contributed by atoms with E-state index >= 15 is 0 Å². The summed E-state index contributed by atoms with van der Waals surface area (Å²) in [6.45, 7) is 0. The Kier molecular flexibility index (Phi) is 4.22. The first kappa shape index (κ1) is 12.6. The van der Waals surface area contributed by atoms with Crippen LogP contribution in [0, 0.1) is 0 Å². The van der Waals surface area contributed by atoms with Gasteiger partial charge in [-0.1, -0.05) is 28.1 Å². The number of carbonyl (C=O) groups is 1. The van der Waals surface area contributed by atoms with Gasteiger partial charge in [-0.25, -0.2) is 0 Å². The maximum atomic E-state index is 11.8. The second-order valence-corrected chi connectivity index (χ2v) is 5.73. The molecule has 1 aromatic rings. The summed E-state index contributed by atoms with van der Waals surface area (Å²) in [7, 11) is -1.31. The number of rotatable bonds is 4. The van der Waals surface area contributed by atoms with Crippen molar-refractivity contribution in [2.45, 2.75) is 0 Å². The molecule has 1 aromatic carbocycles. The molecule has 15 heavy (non-hydrogen) atoms. The molecule has 0 amide bonds. The molecule has 1 rings (SSSR count). The Balaban J connectivity index is 3.09. The fourth-order valence-electron chi connectivity index (χ4n) is 1.02. The van der Waals surface area contributed by atoms with Gasteiger partial charge in [-0.3, -0.25) is 9.36 Å². The van der Waals surface area contributed by atoms with E-state index in [0.717, 1.165) is 4.47 Å². The molecule has 0 saturated carbocycles. The molecule has 0 N–H and O–H groups in total. The fourth-order valence-corrected chi connectivity index (χ4v) is 2.36. The highest BCUT2D eigenvalue weighted by Crippen LogP contribution is 2.49. The Hall–Kier alpha value is -0.480. The van der Waals surface area contributed by atoms with Crippen molar-refractivity contribution in [2.75, 3.05) is 14.2 Å². The van der Waals surface area contributed by atoms with Crippen LogP contribution >= 0.6 is 23.5 Å². The molecule has 82 valence electrons. The number of hydrogen-bond acceptors (Lipinski definition) is 4. The van der Waals surface area contributed by atoms with Gasteiger partial charge in [0, 0.05) is 24.3 Å². The minimum Gasteiger partial charge on any atom is -0.306 e. The summed E-state index contributed by atoms with van der Waals surface area (Å²) >= 11 is 3.22. The van der Waals surface area contributed by atoms with Gasteiger partial charge in [-0.05, 0) is 12.1 Å². The summed E-state index contributed by atoms with van der Waals surface area (Å²) in [6.07, 6.45) is 0. The number of benzene rings is 1. The molecule has 0 atom stereocenters. The largest absolute Gasteiger partial charge is 0.401 e. The Morgan fingerprint density at radius 3 is 2.40 bits per heavy atom. The molecule has 0 fully saturated rings. The van der Waals surface area contributed by atoms with Crippen LogP contribution in [0.15, 0.2) is 28.7 Å². The van der Waals surface area contributed by atoms with E-state index in [-0.39, 0.29) is 5.56 Å². The maximum absolute atomic E-state index is 11.8. The zero-order valence-corrected chi connectivity index (χ0v) is 10.7. The lowest BCUT2D eigenvalue weighted by atomic mass is 10.2. The van der Waals surface area contributed by atoms with Crippen LogP contribution in [0.4, 0.5) is 0 Å². The van der Waals surface area contributed by atoms with Gasteiger partial charge in [0.05, 0.1) is 0 Å². The molecule has 4 nitrogen and oxygen atoms in total. The quantitative estimate of drug-likeness (QED) is 0.800. The van der Waals surface area contributed by atoms with E-state index in [1.165, 1.54) is 14.2 Å². The number of halogens is 1. The first-order valence-corrected chi connectivity index (χ1v) is 6.39. The van der Waals surface area contributed by atoms with Crippen LogP contribution in [0.3, 0.4) is 0 Å². The molecule has 0 aromatic heterocycles. The van der Waals surface area contributed by atoms with Crippen molar-refractivity contribution < 1.29 is 18.4 Å². The molecule has 0 saturated heterocycles. The summed E-state index contributed by atoms with van der Waals surface area (Å²) < 4.78 is 21.7. The van der Waals surface area contributed by atoms with Gasteiger partial charge in [-0.15, -0.1) is 0 Å². The van der Waals surface area contributed by atoms with E-state index in [0.29, 0.717) is 0 Å². The number of hydrogen-bond donors (Lipinski definition) is 0. The summed E-state index contributed by atoms with van der Waals surface area (Å²) in [5.74, 6) is 0. The van der Waals surface area contributed by atoms with Crippen LogP contribution in [-0.2, 0) is 13.6 Å². The zero-order chi connectivity index (χ0) is 11.5. The van der Waals surface area contributed by atoms with Gasteiger partial charge in [0.1, 0.15) is 0 Å². The third-order valence-corrected chi connectivity index (χ3v) is 4.01. The molecule has 0 bridgehead atoms. The minimum atomic E-state index is -3.67. The molecule has 0 unspecified atom stereocenters. The third-order valence-electron chi connectivity index (χ3n) is 1.80. The van der Waals surface area contributed by atoms with Crippen LogP contribution in [0.25, 0.3) is 0 Å². The summed E-state index contributed by atoms with van der Waals surface area (Å²) in [6, 6.07) is 6.55. The van der Waals surface area contributed by atoms with Crippen molar-refractivity contribution in [2.24, 2.45) is 0 Å². The normalized spacial score (nSPS) is 11.4. The average molecular weight is 293 g/mol. The van der Waals surface area contributed by atoms with Crippen LogP contribution in [0.1, 0.15) is 10.4 Å². The monoisotopic (exact) mass is 292 g/mol. The molecule has 0 aliphatic carbocycles. The van der Waals surface area contributed by atoms with E-state index in [1.54, 1.807) is 24.3 Å². The zero-order valence-electron chi connectivity index (χ0n) is 8.27. The maximum Gasteiger partial charge on any atom is 0.401 e. The highest BCUT2D eigenvalue weighted by atomic mass is 79.9. The average Bonchev–Trinajstić information content (AvgIpc) is 2.27. The fraction of sp³-hybridized carbons (Fsp3) is 0.222. The highest BCUT2D eigenvalue weighted by molar-refractivity contribution is 9.10. The lowest BCUT2D eigenvalue weighted by Gasteiger charge is -2.11. The van der Waals surface area contributed by atoms with E-state index in [2.05, 4.69) is 25.0 Å². The van der Waals surface area contributed by atoms with Crippen LogP contribution in [0.5, 0.6) is 0 Å². The predicted molar refractivity (Wildman–Crippen MR) is 60.1 cm³/mol. The van der Waals surface area contributed by atoms with Crippen molar-refractivity contribution in [1.82, 2.24) is 0 Å².